The monoisotopic (exact) mass is 265 g/mol. The molecular formula is C14H23N3O2. The molecule has 106 valence electrons. The van der Waals surface area contributed by atoms with Crippen LogP contribution >= 0.6 is 0 Å². The summed E-state index contributed by atoms with van der Waals surface area (Å²) in [5.74, 6) is 0.755. The third kappa shape index (κ3) is 4.69. The highest BCUT2D eigenvalue weighted by molar-refractivity contribution is 5.81. The number of likely N-dealkylation sites (N-methyl/N-ethyl adjacent to an activating group) is 2. The predicted molar refractivity (Wildman–Crippen MR) is 78.6 cm³/mol. The lowest BCUT2D eigenvalue weighted by atomic mass is 10.2. The Hall–Kier alpha value is -1.91. The normalized spacial score (nSPS) is 10.4. The van der Waals surface area contributed by atoms with E-state index in [4.69, 9.17) is 10.5 Å². The van der Waals surface area contributed by atoms with Gasteiger partial charge in [-0.05, 0) is 19.9 Å². The molecule has 0 bridgehead atoms. The molecule has 19 heavy (non-hydrogen) atoms. The molecule has 0 aliphatic carbocycles. The summed E-state index contributed by atoms with van der Waals surface area (Å²) in [6, 6.07) is 5.50. The number of rotatable bonds is 5. The fourth-order valence-corrected chi connectivity index (χ4v) is 1.60. The van der Waals surface area contributed by atoms with Crippen LogP contribution in [0.25, 0.3) is 0 Å². The minimum atomic E-state index is 0.0382. The van der Waals surface area contributed by atoms with Gasteiger partial charge in [0.2, 0.25) is 5.91 Å². The van der Waals surface area contributed by atoms with Crippen molar-refractivity contribution in [3.8, 4) is 5.75 Å². The molecule has 0 heterocycles. The van der Waals surface area contributed by atoms with Crippen molar-refractivity contribution in [2.75, 3.05) is 38.3 Å². The van der Waals surface area contributed by atoms with Gasteiger partial charge in [-0.15, -0.1) is 0 Å². The van der Waals surface area contributed by atoms with Crippen LogP contribution in [0.1, 0.15) is 13.8 Å². The van der Waals surface area contributed by atoms with Gasteiger partial charge in [-0.1, -0.05) is 0 Å². The predicted octanol–water partition coefficient (Wildman–Crippen LogP) is 1.58. The Morgan fingerprint density at radius 1 is 1.26 bits per heavy atom. The molecule has 5 nitrogen and oxygen atoms in total. The molecule has 0 aliphatic rings. The van der Waals surface area contributed by atoms with E-state index in [1.807, 2.05) is 37.9 Å². The van der Waals surface area contributed by atoms with Crippen LogP contribution in [0.15, 0.2) is 18.2 Å². The largest absolute Gasteiger partial charge is 0.491 e. The molecule has 0 spiro atoms. The summed E-state index contributed by atoms with van der Waals surface area (Å²) in [7, 11) is 5.33. The van der Waals surface area contributed by atoms with E-state index in [-0.39, 0.29) is 12.0 Å². The van der Waals surface area contributed by atoms with E-state index in [0.29, 0.717) is 18.0 Å². The number of anilines is 2. The molecule has 1 aromatic carbocycles. The van der Waals surface area contributed by atoms with E-state index in [0.717, 1.165) is 5.69 Å². The lowest BCUT2D eigenvalue weighted by Crippen LogP contribution is -2.34. The number of hydrogen-bond donors (Lipinski definition) is 1. The summed E-state index contributed by atoms with van der Waals surface area (Å²) in [5.41, 5.74) is 7.35. The molecule has 5 heteroatoms. The van der Waals surface area contributed by atoms with Gasteiger partial charge in [0.15, 0.2) is 0 Å². The smallest absolute Gasteiger partial charge is 0.241 e. The summed E-state index contributed by atoms with van der Waals surface area (Å²) in [6.07, 6.45) is 0.0864. The van der Waals surface area contributed by atoms with Crippen molar-refractivity contribution < 1.29 is 9.53 Å². The fourth-order valence-electron chi connectivity index (χ4n) is 1.60. The number of benzene rings is 1. The highest BCUT2D eigenvalue weighted by Crippen LogP contribution is 2.25. The summed E-state index contributed by atoms with van der Waals surface area (Å²) >= 11 is 0. The zero-order valence-electron chi connectivity index (χ0n) is 12.3. The van der Waals surface area contributed by atoms with Crippen LogP contribution in [-0.4, -0.2) is 44.6 Å². The molecule has 0 atom stereocenters. The molecule has 0 radical (unpaired) electrons. The third-order valence-electron chi connectivity index (χ3n) is 2.60. The van der Waals surface area contributed by atoms with E-state index in [9.17, 15) is 4.79 Å². The van der Waals surface area contributed by atoms with Crippen LogP contribution in [0.3, 0.4) is 0 Å². The van der Waals surface area contributed by atoms with Crippen molar-refractivity contribution >= 4 is 17.3 Å². The Kier molecular flexibility index (Phi) is 5.03. The van der Waals surface area contributed by atoms with Crippen molar-refractivity contribution in [3.63, 3.8) is 0 Å². The van der Waals surface area contributed by atoms with E-state index >= 15 is 0 Å². The molecule has 0 aromatic heterocycles. The Bertz CT molecular complexity index is 444. The zero-order valence-corrected chi connectivity index (χ0v) is 12.3. The number of ether oxygens (including phenoxy) is 1. The number of carbonyl (C=O) groups excluding carboxylic acids is 1. The summed E-state index contributed by atoms with van der Waals surface area (Å²) in [6.45, 7) is 4.22. The van der Waals surface area contributed by atoms with Gasteiger partial charge in [0.1, 0.15) is 5.75 Å². The van der Waals surface area contributed by atoms with Gasteiger partial charge < -0.3 is 20.3 Å². The third-order valence-corrected chi connectivity index (χ3v) is 2.60. The maximum absolute atomic E-state index is 11.7. The number of amides is 1. The maximum Gasteiger partial charge on any atom is 0.241 e. The van der Waals surface area contributed by atoms with Gasteiger partial charge in [0.25, 0.3) is 0 Å². The molecular weight excluding hydrogens is 242 g/mol. The number of carbonyl (C=O) groups is 1. The van der Waals surface area contributed by atoms with Crippen LogP contribution in [-0.2, 0) is 4.79 Å². The Labute approximate surface area is 114 Å². The van der Waals surface area contributed by atoms with E-state index in [1.165, 1.54) is 0 Å². The van der Waals surface area contributed by atoms with E-state index in [2.05, 4.69) is 0 Å². The van der Waals surface area contributed by atoms with Crippen LogP contribution in [0, 0.1) is 0 Å². The first-order valence-corrected chi connectivity index (χ1v) is 6.28. The fraction of sp³-hybridized carbons (Fsp3) is 0.500. The molecule has 0 aliphatic heterocycles. The second-order valence-electron chi connectivity index (χ2n) is 5.07. The molecule has 0 saturated heterocycles. The summed E-state index contributed by atoms with van der Waals surface area (Å²) < 4.78 is 5.64. The first-order chi connectivity index (χ1) is 8.79. The molecule has 0 saturated carbocycles. The molecule has 0 fully saturated rings. The van der Waals surface area contributed by atoms with Crippen molar-refractivity contribution in [1.82, 2.24) is 4.90 Å². The van der Waals surface area contributed by atoms with E-state index in [1.54, 1.807) is 25.1 Å². The zero-order chi connectivity index (χ0) is 14.6. The lowest BCUT2D eigenvalue weighted by molar-refractivity contribution is -0.127. The average Bonchev–Trinajstić information content (AvgIpc) is 2.26. The van der Waals surface area contributed by atoms with Gasteiger partial charge in [0, 0.05) is 44.7 Å². The highest BCUT2D eigenvalue weighted by atomic mass is 16.5. The lowest BCUT2D eigenvalue weighted by Gasteiger charge is -2.22. The van der Waals surface area contributed by atoms with Crippen LogP contribution in [0.2, 0.25) is 0 Å². The maximum atomic E-state index is 11.7. The summed E-state index contributed by atoms with van der Waals surface area (Å²) in [5, 5.41) is 0. The van der Waals surface area contributed by atoms with E-state index < -0.39 is 0 Å². The number of nitrogens with zero attached hydrogens (tertiary/aromatic N) is 2. The number of hydrogen-bond acceptors (Lipinski definition) is 4. The molecule has 1 aromatic rings. The topological polar surface area (TPSA) is 58.8 Å². The highest BCUT2D eigenvalue weighted by Gasteiger charge is 2.11. The van der Waals surface area contributed by atoms with Gasteiger partial charge in [0.05, 0.1) is 12.6 Å². The second kappa shape index (κ2) is 6.31. The van der Waals surface area contributed by atoms with Crippen molar-refractivity contribution in [3.05, 3.63) is 18.2 Å². The minimum absolute atomic E-state index is 0.0382. The van der Waals surface area contributed by atoms with Crippen LogP contribution in [0.5, 0.6) is 5.75 Å². The Balaban J connectivity index is 2.87. The molecule has 0 unspecified atom stereocenters. The summed E-state index contributed by atoms with van der Waals surface area (Å²) in [4.78, 5) is 15.1. The standard InChI is InChI=1S/C14H23N3O2/c1-10(2)19-13-7-11(15)6-12(8-13)17(5)9-14(18)16(3)4/h6-8,10H,9,15H2,1-5H3. The SMILES string of the molecule is CC(C)Oc1cc(N)cc(N(C)CC(=O)N(C)C)c1. The minimum Gasteiger partial charge on any atom is -0.491 e. The Morgan fingerprint density at radius 2 is 1.89 bits per heavy atom. The average molecular weight is 265 g/mol. The number of nitrogens with two attached hydrogens (primary N) is 1. The van der Waals surface area contributed by atoms with Crippen molar-refractivity contribution in [2.45, 2.75) is 20.0 Å². The van der Waals surface area contributed by atoms with Gasteiger partial charge in [-0.25, -0.2) is 0 Å². The Morgan fingerprint density at radius 3 is 2.42 bits per heavy atom. The van der Waals surface area contributed by atoms with Crippen LogP contribution in [0.4, 0.5) is 11.4 Å². The van der Waals surface area contributed by atoms with Gasteiger partial charge in [-0.3, -0.25) is 4.79 Å². The second-order valence-corrected chi connectivity index (χ2v) is 5.07. The first-order valence-electron chi connectivity index (χ1n) is 6.28. The van der Waals surface area contributed by atoms with Crippen molar-refractivity contribution in [2.24, 2.45) is 0 Å². The molecule has 1 amide bonds. The number of nitrogen functional groups attached to an aromatic ring is 1. The molecule has 1 rings (SSSR count). The van der Waals surface area contributed by atoms with Gasteiger partial charge >= 0.3 is 0 Å². The van der Waals surface area contributed by atoms with Crippen LogP contribution < -0.4 is 15.4 Å². The molecule has 2 N–H and O–H groups in total. The quantitative estimate of drug-likeness (QED) is 0.821. The van der Waals surface area contributed by atoms with Crippen molar-refractivity contribution in [1.29, 1.82) is 0 Å². The first kappa shape index (κ1) is 15.1. The van der Waals surface area contributed by atoms with Gasteiger partial charge in [-0.2, -0.15) is 0 Å².